The molecule has 1 heterocycles. The topological polar surface area (TPSA) is 68.3 Å². The third kappa shape index (κ3) is 4.52. The lowest BCUT2D eigenvalue weighted by Crippen LogP contribution is -2.13. The molecule has 0 fully saturated rings. The first kappa shape index (κ1) is 19.5. The summed E-state index contributed by atoms with van der Waals surface area (Å²) in [4.78, 5) is 8.66. The summed E-state index contributed by atoms with van der Waals surface area (Å²) < 4.78 is 10.6. The average Bonchev–Trinajstić information content (AvgIpc) is 2.68. The van der Waals surface area contributed by atoms with E-state index in [0.717, 1.165) is 17.2 Å². The Kier molecular flexibility index (Phi) is 5.68. The second kappa shape index (κ2) is 8.17. The van der Waals surface area contributed by atoms with Crippen molar-refractivity contribution in [1.82, 2.24) is 9.97 Å². The van der Waals surface area contributed by atoms with Gasteiger partial charge in [0, 0.05) is 23.5 Å². The average molecular weight is 378 g/mol. The van der Waals surface area contributed by atoms with Crippen molar-refractivity contribution in [2.75, 3.05) is 24.9 Å². The molecule has 0 aliphatic carbocycles. The van der Waals surface area contributed by atoms with Gasteiger partial charge in [-0.2, -0.15) is 0 Å². The highest BCUT2D eigenvalue weighted by Crippen LogP contribution is 2.32. The Labute approximate surface area is 166 Å². The monoisotopic (exact) mass is 378 g/mol. The molecule has 0 atom stereocenters. The van der Waals surface area contributed by atoms with Crippen LogP contribution in [0.15, 0.2) is 54.9 Å². The zero-order valence-corrected chi connectivity index (χ0v) is 16.9. The van der Waals surface area contributed by atoms with E-state index in [1.165, 1.54) is 11.9 Å². The van der Waals surface area contributed by atoms with Crippen molar-refractivity contribution in [2.45, 2.75) is 26.2 Å². The number of hydrogen-bond donors (Lipinski definition) is 2. The van der Waals surface area contributed by atoms with Crippen LogP contribution >= 0.6 is 0 Å². The van der Waals surface area contributed by atoms with Crippen LogP contribution in [-0.4, -0.2) is 24.2 Å². The van der Waals surface area contributed by atoms with Gasteiger partial charge in [-0.1, -0.05) is 39.0 Å². The highest BCUT2D eigenvalue weighted by atomic mass is 16.5. The summed E-state index contributed by atoms with van der Waals surface area (Å²) in [6, 6.07) is 15.7. The van der Waals surface area contributed by atoms with Crippen LogP contribution in [-0.2, 0) is 5.41 Å². The van der Waals surface area contributed by atoms with Gasteiger partial charge in [0.1, 0.15) is 18.0 Å². The van der Waals surface area contributed by atoms with Crippen LogP contribution in [0, 0.1) is 0 Å². The summed E-state index contributed by atoms with van der Waals surface area (Å²) in [7, 11) is 3.23. The Bertz CT molecular complexity index is 951. The fraction of sp³-hybridized carbons (Fsp3) is 0.273. The van der Waals surface area contributed by atoms with Crippen molar-refractivity contribution < 1.29 is 9.47 Å². The maximum atomic E-state index is 5.35. The molecule has 28 heavy (non-hydrogen) atoms. The lowest BCUT2D eigenvalue weighted by molar-refractivity contribution is 0.355. The molecule has 1 aromatic heterocycles. The molecule has 0 spiro atoms. The third-order valence-electron chi connectivity index (χ3n) is 4.32. The number of hydrogen-bond acceptors (Lipinski definition) is 6. The normalized spacial score (nSPS) is 11.0. The molecule has 0 unspecified atom stereocenters. The van der Waals surface area contributed by atoms with Crippen molar-refractivity contribution in [1.29, 1.82) is 0 Å². The number of methoxy groups -OCH3 is 2. The molecule has 3 rings (SSSR count). The Hall–Kier alpha value is -3.28. The molecule has 2 N–H and O–H groups in total. The van der Waals surface area contributed by atoms with Gasteiger partial charge in [-0.25, -0.2) is 9.97 Å². The molecule has 0 amide bonds. The molecule has 0 bridgehead atoms. The van der Waals surface area contributed by atoms with E-state index in [-0.39, 0.29) is 5.41 Å². The van der Waals surface area contributed by atoms with Crippen LogP contribution in [0.1, 0.15) is 26.3 Å². The molecule has 6 heteroatoms. The lowest BCUT2D eigenvalue weighted by Gasteiger charge is -2.23. The predicted molar refractivity (Wildman–Crippen MR) is 113 cm³/mol. The first-order valence-corrected chi connectivity index (χ1v) is 9.08. The van der Waals surface area contributed by atoms with E-state index in [1.807, 2.05) is 30.3 Å². The Morgan fingerprint density at radius 2 is 1.46 bits per heavy atom. The van der Waals surface area contributed by atoms with Crippen molar-refractivity contribution in [3.05, 3.63) is 60.4 Å². The fourth-order valence-electron chi connectivity index (χ4n) is 2.94. The van der Waals surface area contributed by atoms with Crippen LogP contribution < -0.4 is 20.1 Å². The highest BCUT2D eigenvalue weighted by Gasteiger charge is 2.17. The molecule has 146 valence electrons. The van der Waals surface area contributed by atoms with Crippen LogP contribution in [0.2, 0.25) is 0 Å². The molecule has 3 aromatic rings. The van der Waals surface area contributed by atoms with E-state index < -0.39 is 0 Å². The van der Waals surface area contributed by atoms with Crippen LogP contribution in [0.3, 0.4) is 0 Å². The first-order chi connectivity index (χ1) is 13.4. The first-order valence-electron chi connectivity index (χ1n) is 9.08. The molecular formula is C22H26N4O2. The quantitative estimate of drug-likeness (QED) is 0.608. The maximum Gasteiger partial charge on any atom is 0.162 e. The maximum absolute atomic E-state index is 5.35. The molecule has 0 aliphatic rings. The van der Waals surface area contributed by atoms with Crippen LogP contribution in [0.25, 0.3) is 0 Å². The van der Waals surface area contributed by atoms with Gasteiger partial charge in [-0.3, -0.25) is 0 Å². The van der Waals surface area contributed by atoms with Gasteiger partial charge in [-0.15, -0.1) is 0 Å². The molecule has 0 saturated heterocycles. The van der Waals surface area contributed by atoms with Crippen molar-refractivity contribution in [3.8, 4) is 11.5 Å². The summed E-state index contributed by atoms with van der Waals surface area (Å²) in [6.45, 7) is 6.58. The SMILES string of the molecule is COc1ccc(Nc2cc(Nc3ccccc3C(C)(C)C)ncn2)cc1OC. The Morgan fingerprint density at radius 3 is 2.14 bits per heavy atom. The second-order valence-electron chi connectivity index (χ2n) is 7.40. The molecule has 6 nitrogen and oxygen atoms in total. The van der Waals surface area contributed by atoms with Crippen molar-refractivity contribution in [3.63, 3.8) is 0 Å². The number of para-hydroxylation sites is 1. The van der Waals surface area contributed by atoms with Gasteiger partial charge >= 0.3 is 0 Å². The van der Waals surface area contributed by atoms with E-state index in [0.29, 0.717) is 17.3 Å². The summed E-state index contributed by atoms with van der Waals surface area (Å²) in [6.07, 6.45) is 1.53. The highest BCUT2D eigenvalue weighted by molar-refractivity contribution is 5.67. The van der Waals surface area contributed by atoms with E-state index in [4.69, 9.17) is 9.47 Å². The predicted octanol–water partition coefficient (Wildman–Crippen LogP) is 5.28. The summed E-state index contributed by atoms with van der Waals surface area (Å²) in [5.74, 6) is 2.73. The largest absolute Gasteiger partial charge is 0.493 e. The molecule has 2 aromatic carbocycles. The minimum atomic E-state index is 0.0252. The van der Waals surface area contributed by atoms with Crippen molar-refractivity contribution in [2.24, 2.45) is 0 Å². The molecule has 0 radical (unpaired) electrons. The number of nitrogens with zero attached hydrogens (tertiary/aromatic N) is 2. The van der Waals surface area contributed by atoms with Gasteiger partial charge in [0.25, 0.3) is 0 Å². The zero-order valence-electron chi connectivity index (χ0n) is 16.9. The molecule has 0 saturated carbocycles. The van der Waals surface area contributed by atoms with Crippen LogP contribution in [0.4, 0.5) is 23.0 Å². The standard InChI is InChI=1S/C22H26N4O2/c1-22(2,3)16-8-6-7-9-17(16)26-21-13-20(23-14-24-21)25-15-10-11-18(27-4)19(12-15)28-5/h6-14H,1-5H3,(H2,23,24,25,26). The van der Waals surface area contributed by atoms with Crippen LogP contribution in [0.5, 0.6) is 11.5 Å². The van der Waals surface area contributed by atoms with E-state index >= 15 is 0 Å². The summed E-state index contributed by atoms with van der Waals surface area (Å²) in [5, 5.41) is 6.68. The van der Waals surface area contributed by atoms with Gasteiger partial charge in [0.05, 0.1) is 14.2 Å². The number of benzene rings is 2. The second-order valence-corrected chi connectivity index (χ2v) is 7.40. The Morgan fingerprint density at radius 1 is 0.786 bits per heavy atom. The Balaban J connectivity index is 1.82. The number of anilines is 4. The fourth-order valence-corrected chi connectivity index (χ4v) is 2.94. The van der Waals surface area contributed by atoms with Gasteiger partial charge in [0.2, 0.25) is 0 Å². The summed E-state index contributed by atoms with van der Waals surface area (Å²) >= 11 is 0. The van der Waals surface area contributed by atoms with Gasteiger partial charge < -0.3 is 20.1 Å². The molecule has 0 aliphatic heterocycles. The molecular weight excluding hydrogens is 352 g/mol. The number of aromatic nitrogens is 2. The lowest BCUT2D eigenvalue weighted by atomic mass is 9.86. The van der Waals surface area contributed by atoms with Gasteiger partial charge in [0.15, 0.2) is 11.5 Å². The zero-order chi connectivity index (χ0) is 20.1. The number of nitrogens with one attached hydrogen (secondary N) is 2. The van der Waals surface area contributed by atoms with E-state index in [2.05, 4.69) is 59.6 Å². The minimum Gasteiger partial charge on any atom is -0.493 e. The third-order valence-corrected chi connectivity index (χ3v) is 4.32. The summed E-state index contributed by atoms with van der Waals surface area (Å²) in [5.41, 5.74) is 3.13. The van der Waals surface area contributed by atoms with Gasteiger partial charge in [-0.05, 0) is 29.2 Å². The smallest absolute Gasteiger partial charge is 0.162 e. The van der Waals surface area contributed by atoms with Crippen molar-refractivity contribution >= 4 is 23.0 Å². The number of rotatable bonds is 6. The van der Waals surface area contributed by atoms with E-state index in [1.54, 1.807) is 14.2 Å². The number of ether oxygens (including phenoxy) is 2. The minimum absolute atomic E-state index is 0.0252. The van der Waals surface area contributed by atoms with E-state index in [9.17, 15) is 0 Å².